The Morgan fingerprint density at radius 2 is 2.06 bits per heavy atom. The van der Waals surface area contributed by atoms with Crippen molar-refractivity contribution >= 4 is 50.5 Å². The van der Waals surface area contributed by atoms with Crippen molar-refractivity contribution in [2.75, 3.05) is 0 Å². The predicted octanol–water partition coefficient (Wildman–Crippen LogP) is 5.23. The van der Waals surface area contributed by atoms with Crippen LogP contribution in [0.5, 0.6) is 0 Å². The van der Waals surface area contributed by atoms with Crippen LogP contribution in [0.2, 0.25) is 8.67 Å². The van der Waals surface area contributed by atoms with Crippen molar-refractivity contribution < 1.29 is 9.50 Å². The summed E-state index contributed by atoms with van der Waals surface area (Å²) in [4.78, 5) is 0. The average molecular weight is 370 g/mol. The Labute approximate surface area is 126 Å². The molecule has 0 radical (unpaired) electrons. The van der Waals surface area contributed by atoms with Gasteiger partial charge in [0.1, 0.15) is 10.2 Å². The number of thiophene rings is 1. The summed E-state index contributed by atoms with van der Waals surface area (Å²) in [6.07, 6.45) is -0.719. The normalized spacial score (nSPS) is 12.7. The van der Waals surface area contributed by atoms with E-state index in [1.807, 2.05) is 0 Å². The third-order valence-corrected chi connectivity index (χ3v) is 4.47. The molecule has 18 heavy (non-hydrogen) atoms. The Morgan fingerprint density at radius 3 is 2.67 bits per heavy atom. The first kappa shape index (κ1) is 14.3. The number of benzene rings is 1. The zero-order valence-corrected chi connectivity index (χ0v) is 12.9. The Bertz CT molecular complexity index is 573. The fourth-order valence-electron chi connectivity index (χ4n) is 1.60. The van der Waals surface area contributed by atoms with Crippen LogP contribution in [-0.4, -0.2) is 5.11 Å². The van der Waals surface area contributed by atoms with Gasteiger partial charge in [0, 0.05) is 16.5 Å². The highest BCUT2D eigenvalue weighted by Gasteiger charge is 2.17. The van der Waals surface area contributed by atoms with Gasteiger partial charge in [0.2, 0.25) is 0 Å². The van der Waals surface area contributed by atoms with Crippen LogP contribution >= 0.6 is 50.5 Å². The van der Waals surface area contributed by atoms with E-state index in [9.17, 15) is 9.50 Å². The zero-order valence-electron chi connectivity index (χ0n) is 8.96. The van der Waals surface area contributed by atoms with Crippen LogP contribution in [0.1, 0.15) is 17.2 Å². The van der Waals surface area contributed by atoms with E-state index in [0.717, 1.165) is 4.47 Å². The fraction of sp³-hybridized carbons (Fsp3) is 0.167. The number of rotatable bonds is 3. The molecule has 0 amide bonds. The van der Waals surface area contributed by atoms with Gasteiger partial charge in [0.15, 0.2) is 0 Å². The smallest absolute Gasteiger partial charge is 0.126 e. The van der Waals surface area contributed by atoms with Crippen LogP contribution < -0.4 is 0 Å². The molecule has 0 spiro atoms. The maximum absolute atomic E-state index is 13.6. The first-order valence-electron chi connectivity index (χ1n) is 5.04. The van der Waals surface area contributed by atoms with Crippen molar-refractivity contribution in [2.24, 2.45) is 0 Å². The van der Waals surface area contributed by atoms with Crippen molar-refractivity contribution in [3.63, 3.8) is 0 Å². The molecule has 0 aliphatic heterocycles. The lowest BCUT2D eigenvalue weighted by atomic mass is 10.0. The molecule has 2 aromatic rings. The summed E-state index contributed by atoms with van der Waals surface area (Å²) in [5, 5.41) is 10.1. The molecule has 0 saturated carbocycles. The highest BCUT2D eigenvalue weighted by Crippen LogP contribution is 2.36. The van der Waals surface area contributed by atoms with Gasteiger partial charge in [0.05, 0.1) is 10.4 Å². The molecule has 1 heterocycles. The van der Waals surface area contributed by atoms with Gasteiger partial charge in [0.25, 0.3) is 0 Å². The van der Waals surface area contributed by atoms with Crippen molar-refractivity contribution in [2.45, 2.75) is 12.5 Å². The third kappa shape index (κ3) is 3.25. The standard InChI is InChI=1S/C12H8BrCl2FOS/c13-7-1-2-9(16)6(3-7)4-10(17)8-5-11(14)18-12(8)15/h1-3,5,10,17H,4H2. The van der Waals surface area contributed by atoms with E-state index in [0.29, 0.717) is 19.8 Å². The summed E-state index contributed by atoms with van der Waals surface area (Å²) in [6.45, 7) is 0. The molecule has 0 aliphatic carbocycles. The van der Waals surface area contributed by atoms with Gasteiger partial charge >= 0.3 is 0 Å². The molecule has 1 nitrogen and oxygen atoms in total. The first-order chi connectivity index (χ1) is 8.47. The molecule has 0 fully saturated rings. The molecule has 6 heteroatoms. The molecular formula is C12H8BrCl2FOS. The van der Waals surface area contributed by atoms with Crippen molar-refractivity contribution in [1.29, 1.82) is 0 Å². The van der Waals surface area contributed by atoms with E-state index in [4.69, 9.17) is 23.2 Å². The Balaban J connectivity index is 2.23. The van der Waals surface area contributed by atoms with Gasteiger partial charge in [-0.05, 0) is 29.8 Å². The topological polar surface area (TPSA) is 20.2 Å². The van der Waals surface area contributed by atoms with E-state index >= 15 is 0 Å². The molecule has 1 aromatic heterocycles. The van der Waals surface area contributed by atoms with Crippen LogP contribution in [0.15, 0.2) is 28.7 Å². The summed E-state index contributed by atoms with van der Waals surface area (Å²) < 4.78 is 15.3. The Hall–Kier alpha value is -0.130. The van der Waals surface area contributed by atoms with Crippen molar-refractivity contribution in [3.05, 3.63) is 54.4 Å². The first-order valence-corrected chi connectivity index (χ1v) is 7.40. The van der Waals surface area contributed by atoms with Crippen LogP contribution in [0, 0.1) is 5.82 Å². The molecule has 1 aromatic carbocycles. The van der Waals surface area contributed by atoms with E-state index in [-0.39, 0.29) is 12.2 Å². The summed E-state index contributed by atoms with van der Waals surface area (Å²) in [5.41, 5.74) is 0.960. The van der Waals surface area contributed by atoms with Gasteiger partial charge in [-0.1, -0.05) is 39.1 Å². The Morgan fingerprint density at radius 1 is 1.33 bits per heavy atom. The maximum atomic E-state index is 13.6. The van der Waals surface area contributed by atoms with Gasteiger partial charge < -0.3 is 5.11 Å². The van der Waals surface area contributed by atoms with E-state index in [1.165, 1.54) is 17.4 Å². The second-order valence-corrected chi connectivity index (χ2v) is 6.94. The van der Waals surface area contributed by atoms with E-state index < -0.39 is 6.10 Å². The summed E-state index contributed by atoms with van der Waals surface area (Å²) in [5.74, 6) is -0.352. The summed E-state index contributed by atoms with van der Waals surface area (Å²) in [6, 6.07) is 6.21. The lowest BCUT2D eigenvalue weighted by molar-refractivity contribution is 0.177. The highest BCUT2D eigenvalue weighted by atomic mass is 79.9. The molecule has 96 valence electrons. The van der Waals surface area contributed by atoms with Crippen LogP contribution in [0.3, 0.4) is 0 Å². The zero-order chi connectivity index (χ0) is 13.3. The third-order valence-electron chi connectivity index (χ3n) is 2.46. The molecule has 2 rings (SSSR count). The fourth-order valence-corrected chi connectivity index (χ4v) is 3.57. The number of hydrogen-bond donors (Lipinski definition) is 1. The van der Waals surface area contributed by atoms with Gasteiger partial charge in [-0.3, -0.25) is 0 Å². The van der Waals surface area contributed by atoms with Crippen molar-refractivity contribution in [1.82, 2.24) is 0 Å². The van der Waals surface area contributed by atoms with E-state index in [2.05, 4.69) is 15.9 Å². The minimum Gasteiger partial charge on any atom is -0.388 e. The largest absolute Gasteiger partial charge is 0.388 e. The summed E-state index contributed by atoms with van der Waals surface area (Å²) >= 11 is 16.2. The highest BCUT2D eigenvalue weighted by molar-refractivity contribution is 9.10. The quantitative estimate of drug-likeness (QED) is 0.784. The maximum Gasteiger partial charge on any atom is 0.126 e. The lowest BCUT2D eigenvalue weighted by Gasteiger charge is -2.11. The predicted molar refractivity (Wildman–Crippen MR) is 77.1 cm³/mol. The minimum atomic E-state index is -0.870. The number of halogens is 4. The number of hydrogen-bond acceptors (Lipinski definition) is 2. The molecular weight excluding hydrogens is 362 g/mol. The minimum absolute atomic E-state index is 0.151. The molecule has 1 unspecified atom stereocenters. The van der Waals surface area contributed by atoms with E-state index in [1.54, 1.807) is 18.2 Å². The van der Waals surface area contributed by atoms with Crippen LogP contribution in [-0.2, 0) is 6.42 Å². The monoisotopic (exact) mass is 368 g/mol. The second-order valence-electron chi connectivity index (χ2n) is 3.74. The number of aliphatic hydroxyl groups is 1. The second kappa shape index (κ2) is 5.88. The Kier molecular flexibility index (Phi) is 4.67. The van der Waals surface area contributed by atoms with Gasteiger partial charge in [-0.2, -0.15) is 0 Å². The summed E-state index contributed by atoms with van der Waals surface area (Å²) in [7, 11) is 0. The molecule has 1 atom stereocenters. The SMILES string of the molecule is OC(Cc1cc(Br)ccc1F)c1cc(Cl)sc1Cl. The molecule has 0 bridgehead atoms. The van der Waals surface area contributed by atoms with Crippen LogP contribution in [0.4, 0.5) is 4.39 Å². The molecule has 0 aliphatic rings. The molecule has 1 N–H and O–H groups in total. The van der Waals surface area contributed by atoms with Crippen LogP contribution in [0.25, 0.3) is 0 Å². The van der Waals surface area contributed by atoms with Gasteiger partial charge in [-0.15, -0.1) is 11.3 Å². The lowest BCUT2D eigenvalue weighted by Crippen LogP contribution is -2.03. The van der Waals surface area contributed by atoms with Crippen molar-refractivity contribution in [3.8, 4) is 0 Å². The average Bonchev–Trinajstić information content (AvgIpc) is 2.63. The molecule has 0 saturated heterocycles. The van der Waals surface area contributed by atoms with Gasteiger partial charge in [-0.25, -0.2) is 4.39 Å². The number of aliphatic hydroxyl groups excluding tert-OH is 1.